The summed E-state index contributed by atoms with van der Waals surface area (Å²) in [5.74, 6) is 0.280. The maximum atomic E-state index is 13.6. The lowest BCUT2D eigenvalue weighted by Gasteiger charge is -2.04. The van der Waals surface area contributed by atoms with Crippen molar-refractivity contribution in [3.63, 3.8) is 0 Å². The molecule has 16 heavy (non-hydrogen) atoms. The molecular formula is C12H12FN3. The van der Waals surface area contributed by atoms with Crippen molar-refractivity contribution in [1.82, 2.24) is 9.55 Å². The third kappa shape index (κ3) is 1.38. The van der Waals surface area contributed by atoms with Gasteiger partial charge in [0.25, 0.3) is 0 Å². The number of hydrogen-bond acceptors (Lipinski definition) is 2. The highest BCUT2D eigenvalue weighted by atomic mass is 19.1. The summed E-state index contributed by atoms with van der Waals surface area (Å²) in [6.45, 7) is 0. The number of rotatable bonds is 2. The monoisotopic (exact) mass is 217 g/mol. The fourth-order valence-electron chi connectivity index (χ4n) is 1.88. The Morgan fingerprint density at radius 3 is 2.75 bits per heavy atom. The lowest BCUT2D eigenvalue weighted by atomic mass is 10.1. The zero-order chi connectivity index (χ0) is 11.1. The third-order valence-corrected chi connectivity index (χ3v) is 2.90. The zero-order valence-electron chi connectivity index (χ0n) is 8.73. The average molecular weight is 217 g/mol. The summed E-state index contributed by atoms with van der Waals surface area (Å²) >= 11 is 0. The summed E-state index contributed by atoms with van der Waals surface area (Å²) in [5.41, 5.74) is 7.00. The van der Waals surface area contributed by atoms with Crippen LogP contribution in [0.4, 0.5) is 10.2 Å². The lowest BCUT2D eigenvalue weighted by molar-refractivity contribution is 0.631. The highest BCUT2D eigenvalue weighted by Crippen LogP contribution is 2.39. The van der Waals surface area contributed by atoms with E-state index in [0.29, 0.717) is 23.1 Å². The fourth-order valence-corrected chi connectivity index (χ4v) is 1.88. The van der Waals surface area contributed by atoms with E-state index >= 15 is 0 Å². The largest absolute Gasteiger partial charge is 0.383 e. The Morgan fingerprint density at radius 1 is 1.31 bits per heavy atom. The normalized spacial score (nSPS) is 15.3. The smallest absolute Gasteiger partial charge is 0.132 e. The summed E-state index contributed by atoms with van der Waals surface area (Å²) in [6, 6.07) is 7.03. The fraction of sp³-hybridized carbons (Fsp3) is 0.250. The highest BCUT2D eigenvalue weighted by Gasteiger charge is 2.26. The topological polar surface area (TPSA) is 43.8 Å². The van der Waals surface area contributed by atoms with Gasteiger partial charge < -0.3 is 10.3 Å². The van der Waals surface area contributed by atoms with E-state index in [0.717, 1.165) is 12.8 Å². The molecule has 0 radical (unpaired) electrons. The second-order valence-electron chi connectivity index (χ2n) is 4.10. The van der Waals surface area contributed by atoms with Crippen molar-refractivity contribution < 1.29 is 4.39 Å². The molecule has 1 aliphatic carbocycles. The number of anilines is 1. The van der Waals surface area contributed by atoms with Crippen LogP contribution in [0, 0.1) is 5.82 Å². The number of nitrogens with zero attached hydrogens (tertiary/aromatic N) is 2. The number of benzene rings is 1. The van der Waals surface area contributed by atoms with E-state index in [2.05, 4.69) is 4.98 Å². The number of aromatic nitrogens is 2. The van der Waals surface area contributed by atoms with Gasteiger partial charge in [-0.25, -0.2) is 9.37 Å². The first-order valence-electron chi connectivity index (χ1n) is 5.34. The van der Waals surface area contributed by atoms with Crippen molar-refractivity contribution >= 4 is 5.82 Å². The summed E-state index contributed by atoms with van der Waals surface area (Å²) in [6.07, 6.45) is 3.98. The summed E-state index contributed by atoms with van der Waals surface area (Å²) in [7, 11) is 0. The second kappa shape index (κ2) is 3.33. The molecular weight excluding hydrogens is 205 g/mol. The standard InChI is InChI=1S/C12H12FN3/c13-10-4-2-1-3-9(10)11-12(14)16(7-15-11)8-5-6-8/h1-4,7-8H,5-6,14H2. The van der Waals surface area contributed by atoms with E-state index in [9.17, 15) is 4.39 Å². The quantitative estimate of drug-likeness (QED) is 0.840. The molecule has 0 spiro atoms. The molecule has 1 aliphatic rings. The molecule has 0 aliphatic heterocycles. The van der Waals surface area contributed by atoms with E-state index in [1.807, 2.05) is 4.57 Å². The van der Waals surface area contributed by atoms with Crippen molar-refractivity contribution in [2.75, 3.05) is 5.73 Å². The van der Waals surface area contributed by atoms with Crippen molar-refractivity contribution in [1.29, 1.82) is 0 Å². The SMILES string of the molecule is Nc1c(-c2ccccc2F)ncn1C1CC1. The Bertz CT molecular complexity index is 529. The third-order valence-electron chi connectivity index (χ3n) is 2.90. The van der Waals surface area contributed by atoms with Gasteiger partial charge in [-0.2, -0.15) is 0 Å². The molecule has 1 aromatic heterocycles. The molecule has 3 rings (SSSR count). The van der Waals surface area contributed by atoms with Crippen molar-refractivity contribution in [2.45, 2.75) is 18.9 Å². The van der Waals surface area contributed by atoms with Gasteiger partial charge in [-0.05, 0) is 25.0 Å². The molecule has 0 amide bonds. The van der Waals surface area contributed by atoms with Crippen LogP contribution < -0.4 is 5.73 Å². The second-order valence-corrected chi connectivity index (χ2v) is 4.10. The van der Waals surface area contributed by atoms with Crippen LogP contribution in [0.3, 0.4) is 0 Å². The number of nitrogens with two attached hydrogens (primary N) is 1. The average Bonchev–Trinajstić information content (AvgIpc) is 3.05. The van der Waals surface area contributed by atoms with E-state index in [1.54, 1.807) is 24.5 Å². The zero-order valence-corrected chi connectivity index (χ0v) is 8.73. The molecule has 1 saturated carbocycles. The molecule has 1 heterocycles. The van der Waals surface area contributed by atoms with E-state index in [-0.39, 0.29) is 5.82 Å². The molecule has 1 aromatic carbocycles. The van der Waals surface area contributed by atoms with E-state index < -0.39 is 0 Å². The van der Waals surface area contributed by atoms with Gasteiger partial charge in [0.1, 0.15) is 17.3 Å². The van der Waals surface area contributed by atoms with Crippen molar-refractivity contribution in [2.24, 2.45) is 0 Å². The Labute approximate surface area is 92.7 Å². The van der Waals surface area contributed by atoms with Crippen LogP contribution in [0.15, 0.2) is 30.6 Å². The van der Waals surface area contributed by atoms with Gasteiger partial charge in [0.05, 0.1) is 6.33 Å². The number of nitrogen functional groups attached to an aromatic ring is 1. The lowest BCUT2D eigenvalue weighted by Crippen LogP contribution is -1.99. The Kier molecular flexibility index (Phi) is 1.96. The molecule has 4 heteroatoms. The molecule has 3 nitrogen and oxygen atoms in total. The van der Waals surface area contributed by atoms with Gasteiger partial charge in [0, 0.05) is 11.6 Å². The van der Waals surface area contributed by atoms with E-state index in [1.165, 1.54) is 6.07 Å². The van der Waals surface area contributed by atoms with Gasteiger partial charge in [-0.15, -0.1) is 0 Å². The maximum Gasteiger partial charge on any atom is 0.132 e. The van der Waals surface area contributed by atoms with Crippen LogP contribution in [-0.2, 0) is 0 Å². The molecule has 1 fully saturated rings. The van der Waals surface area contributed by atoms with Gasteiger partial charge in [0.15, 0.2) is 0 Å². The minimum atomic E-state index is -0.282. The molecule has 82 valence electrons. The number of hydrogen-bond donors (Lipinski definition) is 1. The molecule has 0 bridgehead atoms. The Balaban J connectivity index is 2.10. The van der Waals surface area contributed by atoms with Gasteiger partial charge in [0.2, 0.25) is 0 Å². The highest BCUT2D eigenvalue weighted by molar-refractivity contribution is 5.71. The van der Waals surface area contributed by atoms with Crippen LogP contribution in [0.1, 0.15) is 18.9 Å². The van der Waals surface area contributed by atoms with Crippen LogP contribution in [0.5, 0.6) is 0 Å². The van der Waals surface area contributed by atoms with Gasteiger partial charge >= 0.3 is 0 Å². The van der Waals surface area contributed by atoms with Crippen LogP contribution >= 0.6 is 0 Å². The summed E-state index contributed by atoms with van der Waals surface area (Å²) < 4.78 is 15.5. The Morgan fingerprint density at radius 2 is 2.06 bits per heavy atom. The molecule has 0 saturated heterocycles. The Hall–Kier alpha value is -1.84. The van der Waals surface area contributed by atoms with Crippen LogP contribution in [0.2, 0.25) is 0 Å². The molecule has 0 atom stereocenters. The van der Waals surface area contributed by atoms with Crippen molar-refractivity contribution in [3.8, 4) is 11.3 Å². The number of imidazole rings is 1. The first-order chi connectivity index (χ1) is 7.77. The van der Waals surface area contributed by atoms with Crippen molar-refractivity contribution in [3.05, 3.63) is 36.4 Å². The minimum absolute atomic E-state index is 0.282. The van der Waals surface area contributed by atoms with E-state index in [4.69, 9.17) is 5.73 Å². The predicted octanol–water partition coefficient (Wildman–Crippen LogP) is 2.61. The molecule has 0 unspecified atom stereocenters. The first-order valence-corrected chi connectivity index (χ1v) is 5.34. The number of halogens is 1. The van der Waals surface area contributed by atoms with Gasteiger partial charge in [-0.3, -0.25) is 0 Å². The summed E-state index contributed by atoms with van der Waals surface area (Å²) in [4.78, 5) is 4.21. The molecule has 2 aromatic rings. The first kappa shape index (κ1) is 9.39. The maximum absolute atomic E-state index is 13.6. The molecule has 2 N–H and O–H groups in total. The van der Waals surface area contributed by atoms with Crippen LogP contribution in [0.25, 0.3) is 11.3 Å². The van der Waals surface area contributed by atoms with Gasteiger partial charge in [-0.1, -0.05) is 12.1 Å². The predicted molar refractivity (Wildman–Crippen MR) is 60.3 cm³/mol. The van der Waals surface area contributed by atoms with Crippen LogP contribution in [-0.4, -0.2) is 9.55 Å². The minimum Gasteiger partial charge on any atom is -0.383 e. The summed E-state index contributed by atoms with van der Waals surface area (Å²) in [5, 5.41) is 0.